The largest absolute Gasteiger partial charge is 0.417 e. The number of nitrogens with one attached hydrogen (secondary N) is 2. The number of amides is 1. The molecule has 14 heteroatoms. The smallest absolute Gasteiger partial charge is 0.277 e. The molecule has 1 amide bonds. The average Bonchev–Trinajstić information content (AvgIpc) is 2.91. The third-order valence-electron chi connectivity index (χ3n) is 8.20. The van der Waals surface area contributed by atoms with Crippen LogP contribution in [0.2, 0.25) is 36.3 Å². The van der Waals surface area contributed by atoms with E-state index in [1.807, 2.05) is 22.6 Å². The molecule has 0 heterocycles. The first-order valence-electron chi connectivity index (χ1n) is 14.8. The van der Waals surface area contributed by atoms with Gasteiger partial charge < -0.3 is 19.0 Å². The number of carbonyl (C=O) groups excluding carboxylic acids is 1. The van der Waals surface area contributed by atoms with Gasteiger partial charge in [0.1, 0.15) is 12.4 Å². The molecule has 0 aromatic heterocycles. The molecule has 2 aromatic carbocycles. The van der Waals surface area contributed by atoms with E-state index < -0.39 is 45.7 Å². The molecule has 252 valence electrons. The summed E-state index contributed by atoms with van der Waals surface area (Å²) in [6.45, 7) is 22.2. The summed E-state index contributed by atoms with van der Waals surface area (Å²) in [5, 5.41) is 6.34. The van der Waals surface area contributed by atoms with Gasteiger partial charge in [-0.2, -0.15) is 0 Å². The molecule has 2 N–H and O–H groups in total. The third-order valence-corrected chi connectivity index (χ3v) is 18.0. The highest BCUT2D eigenvalue weighted by Crippen LogP contribution is 2.37. The highest BCUT2D eigenvalue weighted by atomic mass is 127. The quantitative estimate of drug-likeness (QED) is 0.0617. The van der Waals surface area contributed by atoms with Crippen LogP contribution >= 0.6 is 22.6 Å². The van der Waals surface area contributed by atoms with Gasteiger partial charge in [-0.1, -0.05) is 46.7 Å². The van der Waals surface area contributed by atoms with Gasteiger partial charge in [-0.25, -0.2) is 18.7 Å². The first-order chi connectivity index (χ1) is 20.7. The van der Waals surface area contributed by atoms with Gasteiger partial charge in [0.05, 0.1) is 36.4 Å². The molecule has 2 rings (SSSR count). The van der Waals surface area contributed by atoms with E-state index in [9.17, 15) is 9.18 Å². The van der Waals surface area contributed by atoms with Gasteiger partial charge in [0.2, 0.25) is 0 Å². The van der Waals surface area contributed by atoms with E-state index in [0.29, 0.717) is 16.6 Å². The molecule has 0 atom stereocenters. The number of benzene rings is 2. The van der Waals surface area contributed by atoms with Crippen LogP contribution in [0.4, 0.5) is 24.5 Å². The second kappa shape index (κ2) is 16.2. The zero-order valence-corrected chi connectivity index (χ0v) is 32.1. The van der Waals surface area contributed by atoms with Crippen molar-refractivity contribution in [3.05, 3.63) is 56.4 Å². The summed E-state index contributed by atoms with van der Waals surface area (Å²) in [6, 6.07) is 5.26. The van der Waals surface area contributed by atoms with Crippen molar-refractivity contribution in [1.29, 1.82) is 0 Å². The van der Waals surface area contributed by atoms with Gasteiger partial charge in [-0.15, -0.1) is 0 Å². The molecular formula is C31H47F3IN3O5Si2. The van der Waals surface area contributed by atoms with Crippen LogP contribution in [-0.2, 0) is 18.5 Å². The Morgan fingerprint density at radius 3 is 2.07 bits per heavy atom. The number of hydrogen-bond acceptors (Lipinski definition) is 7. The Morgan fingerprint density at radius 1 is 0.889 bits per heavy atom. The van der Waals surface area contributed by atoms with E-state index in [0.717, 1.165) is 12.3 Å². The predicted molar refractivity (Wildman–Crippen MR) is 187 cm³/mol. The van der Waals surface area contributed by atoms with Crippen LogP contribution in [0.25, 0.3) is 0 Å². The molecule has 0 aliphatic heterocycles. The second-order valence-electron chi connectivity index (χ2n) is 13.7. The van der Waals surface area contributed by atoms with E-state index in [1.54, 1.807) is 6.07 Å². The van der Waals surface area contributed by atoms with Gasteiger partial charge in [-0.05, 0) is 89.5 Å². The minimum absolute atomic E-state index is 0.0208. The summed E-state index contributed by atoms with van der Waals surface area (Å²) < 4.78 is 57.9. The molecule has 0 unspecified atom stereocenters. The van der Waals surface area contributed by atoms with Gasteiger partial charge >= 0.3 is 0 Å². The maximum atomic E-state index is 15.4. The Hall–Kier alpha value is -1.99. The summed E-state index contributed by atoms with van der Waals surface area (Å²) in [6.07, 6.45) is 1.47. The lowest BCUT2D eigenvalue weighted by Crippen LogP contribution is -2.41. The van der Waals surface area contributed by atoms with Crippen molar-refractivity contribution in [3.8, 4) is 0 Å². The number of anilines is 2. The molecule has 0 aliphatic rings. The lowest BCUT2D eigenvalue weighted by atomic mass is 10.1. The summed E-state index contributed by atoms with van der Waals surface area (Å²) in [5.74, 6) is -4.27. The molecule has 2 aromatic rings. The number of hydroxylamine groups is 1. The van der Waals surface area contributed by atoms with Crippen molar-refractivity contribution in [3.63, 3.8) is 0 Å². The molecule has 8 nitrogen and oxygen atoms in total. The number of carbonyl (C=O) groups is 1. The van der Waals surface area contributed by atoms with E-state index in [1.165, 1.54) is 12.1 Å². The highest BCUT2D eigenvalue weighted by Gasteiger charge is 2.37. The minimum Gasteiger partial charge on any atom is -0.417 e. The van der Waals surface area contributed by atoms with Gasteiger partial charge in [0, 0.05) is 15.7 Å². The number of oxime groups is 1. The number of hydrogen-bond donors (Lipinski definition) is 2. The van der Waals surface area contributed by atoms with E-state index in [4.69, 9.17) is 18.5 Å². The number of nitrogens with zero attached hydrogens (tertiary/aromatic N) is 1. The van der Waals surface area contributed by atoms with Crippen LogP contribution in [0.15, 0.2) is 29.4 Å². The van der Waals surface area contributed by atoms with Crippen molar-refractivity contribution < 1.29 is 36.5 Å². The Kier molecular flexibility index (Phi) is 14.1. The fourth-order valence-electron chi connectivity index (χ4n) is 3.31. The molecule has 0 bridgehead atoms. The van der Waals surface area contributed by atoms with E-state index in [2.05, 4.69) is 83.7 Å². The summed E-state index contributed by atoms with van der Waals surface area (Å²) in [5.41, 5.74) is 0.890. The van der Waals surface area contributed by atoms with Crippen LogP contribution in [0.5, 0.6) is 0 Å². The molecule has 0 fully saturated rings. The number of rotatable bonds is 15. The Bertz CT molecular complexity index is 1350. The second-order valence-corrected chi connectivity index (χ2v) is 24.5. The van der Waals surface area contributed by atoms with Gasteiger partial charge in [0.25, 0.3) is 5.91 Å². The summed E-state index contributed by atoms with van der Waals surface area (Å²) >= 11 is 1.93. The highest BCUT2D eigenvalue weighted by molar-refractivity contribution is 14.1. The molecule has 0 aliphatic carbocycles. The molecular weight excluding hydrogens is 734 g/mol. The van der Waals surface area contributed by atoms with Crippen LogP contribution in [0.1, 0.15) is 63.9 Å². The zero-order valence-electron chi connectivity index (χ0n) is 27.9. The summed E-state index contributed by atoms with van der Waals surface area (Å²) in [4.78, 5) is 23.7. The average molecular weight is 782 g/mol. The van der Waals surface area contributed by atoms with Crippen LogP contribution in [0.3, 0.4) is 0 Å². The van der Waals surface area contributed by atoms with Crippen molar-refractivity contribution in [2.45, 2.75) is 84.2 Å². The topological polar surface area (TPSA) is 90.4 Å². The lowest BCUT2D eigenvalue weighted by Gasteiger charge is -2.36. The van der Waals surface area contributed by atoms with E-state index >= 15 is 8.78 Å². The first-order valence-corrected chi connectivity index (χ1v) is 21.7. The van der Waals surface area contributed by atoms with Crippen LogP contribution in [0, 0.1) is 21.0 Å². The predicted octanol–water partition coefficient (Wildman–Crippen LogP) is 8.90. The number of halogens is 4. The van der Waals surface area contributed by atoms with Gasteiger partial charge in [-0.3, -0.25) is 9.63 Å². The first kappa shape index (κ1) is 39.2. The van der Waals surface area contributed by atoms with Crippen LogP contribution < -0.4 is 10.8 Å². The normalized spacial score (nSPS) is 12.9. The standard InChI is InChI=1S/C31H47F3IN3O5Si2/c1-30(2,3)44(7,8)42-15-11-14-41-38-29(39)23-18-21(20-36-40-16-17-43-45(9,10)31(4,5)6)26(33)27(34)28(23)37-25-13-12-22(35)19-24(25)32/h12-13,18-20,37H,11,14-17H2,1-10H3,(H,38,39)/b36-20+. The molecule has 45 heavy (non-hydrogen) atoms. The van der Waals surface area contributed by atoms with Crippen molar-refractivity contribution in [1.82, 2.24) is 5.48 Å². The van der Waals surface area contributed by atoms with Gasteiger partial charge in [0.15, 0.2) is 28.3 Å². The van der Waals surface area contributed by atoms with Crippen molar-refractivity contribution in [2.75, 3.05) is 31.7 Å². The zero-order chi connectivity index (χ0) is 34.2. The lowest BCUT2D eigenvalue weighted by molar-refractivity contribution is 0.0266. The fourth-order valence-corrected chi connectivity index (χ4v) is 5.88. The Labute approximate surface area is 281 Å². The summed E-state index contributed by atoms with van der Waals surface area (Å²) in [7, 11) is -3.92. The SMILES string of the molecule is CC(C)(C)[Si](C)(C)OCCCONC(=O)c1cc(/C=N/OCCO[Si](C)(C)C(C)(C)C)c(F)c(F)c1Nc1ccc(I)cc1F. The minimum atomic E-state index is -1.98. The molecule has 0 radical (unpaired) electrons. The molecule has 0 saturated heterocycles. The van der Waals surface area contributed by atoms with Crippen LogP contribution in [-0.4, -0.2) is 55.2 Å². The molecule has 0 saturated carbocycles. The van der Waals surface area contributed by atoms with Crippen molar-refractivity contribution >= 4 is 62.7 Å². The van der Waals surface area contributed by atoms with E-state index in [-0.39, 0.29) is 46.7 Å². The fraction of sp³-hybridized carbons (Fsp3) is 0.548. The maximum absolute atomic E-state index is 15.4. The maximum Gasteiger partial charge on any atom is 0.277 e. The Morgan fingerprint density at radius 2 is 1.49 bits per heavy atom. The third kappa shape index (κ3) is 11.3. The monoisotopic (exact) mass is 781 g/mol. The Balaban J connectivity index is 2.19. The van der Waals surface area contributed by atoms with Crippen molar-refractivity contribution in [2.24, 2.45) is 5.16 Å². The molecule has 0 spiro atoms.